The van der Waals surface area contributed by atoms with Crippen molar-refractivity contribution in [1.29, 1.82) is 0 Å². The van der Waals surface area contributed by atoms with E-state index in [2.05, 4.69) is 22.5 Å². The molecule has 0 bridgehead atoms. The van der Waals surface area contributed by atoms with Gasteiger partial charge in [0.25, 0.3) is 0 Å². The van der Waals surface area contributed by atoms with Gasteiger partial charge in [-0.1, -0.05) is 29.8 Å². The molecule has 32 heavy (non-hydrogen) atoms. The standard InChI is InChI=1S/C24H30ClN3O4/c1-16-3-2-10-28(16)15-20(27-24(30)26-14-17-4-7-19(25)8-5-17)23(29)18-6-9-21-22(13-18)32-12-11-31-21/h4-9,13,16,20,23,29H,2-3,10-12,14-15H2,1H3,(H2,26,27,30)/t16?,20-,23-/m1/s1. The summed E-state index contributed by atoms with van der Waals surface area (Å²) in [6.07, 6.45) is 1.35. The van der Waals surface area contributed by atoms with Gasteiger partial charge in [-0.15, -0.1) is 0 Å². The van der Waals surface area contributed by atoms with Gasteiger partial charge in [0.2, 0.25) is 0 Å². The number of hydrogen-bond acceptors (Lipinski definition) is 5. The summed E-state index contributed by atoms with van der Waals surface area (Å²) in [7, 11) is 0. The Morgan fingerprint density at radius 1 is 1.19 bits per heavy atom. The lowest BCUT2D eigenvalue weighted by atomic mass is 10.0. The Morgan fingerprint density at radius 3 is 2.66 bits per heavy atom. The van der Waals surface area contributed by atoms with Gasteiger partial charge in [0.15, 0.2) is 11.5 Å². The lowest BCUT2D eigenvalue weighted by Crippen LogP contribution is -2.50. The molecule has 2 aliphatic rings. The maximum absolute atomic E-state index is 12.7. The Bertz CT molecular complexity index is 924. The molecule has 3 N–H and O–H groups in total. The maximum Gasteiger partial charge on any atom is 0.315 e. The van der Waals surface area contributed by atoms with Crippen LogP contribution in [0.1, 0.15) is 37.0 Å². The van der Waals surface area contributed by atoms with Gasteiger partial charge in [-0.3, -0.25) is 4.90 Å². The molecule has 2 amide bonds. The lowest BCUT2D eigenvalue weighted by Gasteiger charge is -2.31. The summed E-state index contributed by atoms with van der Waals surface area (Å²) in [5.41, 5.74) is 1.63. The number of fused-ring (bicyclic) bond motifs is 1. The van der Waals surface area contributed by atoms with Crippen LogP contribution in [0, 0.1) is 0 Å². The largest absolute Gasteiger partial charge is 0.486 e. The first-order valence-corrected chi connectivity index (χ1v) is 11.5. The molecule has 2 heterocycles. The third-order valence-electron chi connectivity index (χ3n) is 6.09. The Hall–Kier alpha value is -2.48. The Labute approximate surface area is 193 Å². The second-order valence-electron chi connectivity index (χ2n) is 8.39. The molecule has 7 nitrogen and oxygen atoms in total. The lowest BCUT2D eigenvalue weighted by molar-refractivity contribution is 0.101. The van der Waals surface area contributed by atoms with E-state index < -0.39 is 12.1 Å². The van der Waals surface area contributed by atoms with Gasteiger partial charge in [0.05, 0.1) is 6.04 Å². The minimum absolute atomic E-state index is 0.326. The van der Waals surface area contributed by atoms with Gasteiger partial charge in [0, 0.05) is 24.2 Å². The summed E-state index contributed by atoms with van der Waals surface area (Å²) >= 11 is 5.92. The molecule has 2 aliphatic heterocycles. The highest BCUT2D eigenvalue weighted by atomic mass is 35.5. The summed E-state index contributed by atoms with van der Waals surface area (Å²) in [6.45, 7) is 5.06. The molecule has 1 fully saturated rings. The number of benzene rings is 2. The zero-order chi connectivity index (χ0) is 22.5. The number of nitrogens with one attached hydrogen (secondary N) is 2. The topological polar surface area (TPSA) is 83.1 Å². The average molecular weight is 460 g/mol. The van der Waals surface area contributed by atoms with Crippen molar-refractivity contribution in [3.63, 3.8) is 0 Å². The molecule has 172 valence electrons. The van der Waals surface area contributed by atoms with Crippen LogP contribution >= 0.6 is 11.6 Å². The number of amides is 2. The SMILES string of the molecule is CC1CCCN1C[C@@H](NC(=O)NCc1ccc(Cl)cc1)[C@H](O)c1ccc2c(c1)OCCO2. The van der Waals surface area contributed by atoms with Gasteiger partial charge in [-0.25, -0.2) is 4.79 Å². The summed E-state index contributed by atoms with van der Waals surface area (Å²) in [5, 5.41) is 17.7. The number of likely N-dealkylation sites (tertiary alicyclic amines) is 1. The molecule has 3 atom stereocenters. The second-order valence-corrected chi connectivity index (χ2v) is 8.83. The highest BCUT2D eigenvalue weighted by molar-refractivity contribution is 6.30. The summed E-state index contributed by atoms with van der Waals surface area (Å²) in [5.74, 6) is 1.29. The number of carbonyl (C=O) groups is 1. The zero-order valence-electron chi connectivity index (χ0n) is 18.2. The van der Waals surface area contributed by atoms with Crippen molar-refractivity contribution in [2.24, 2.45) is 0 Å². The average Bonchev–Trinajstić information content (AvgIpc) is 3.21. The highest BCUT2D eigenvalue weighted by Gasteiger charge is 2.30. The summed E-state index contributed by atoms with van der Waals surface area (Å²) in [6, 6.07) is 12.4. The minimum atomic E-state index is -0.889. The van der Waals surface area contributed by atoms with Crippen LogP contribution in [-0.4, -0.2) is 54.4 Å². The van der Waals surface area contributed by atoms with Gasteiger partial charge >= 0.3 is 6.03 Å². The monoisotopic (exact) mass is 459 g/mol. The third-order valence-corrected chi connectivity index (χ3v) is 6.35. The smallest absolute Gasteiger partial charge is 0.315 e. The Morgan fingerprint density at radius 2 is 1.94 bits per heavy atom. The van der Waals surface area contributed by atoms with Crippen molar-refractivity contribution in [1.82, 2.24) is 15.5 Å². The van der Waals surface area contributed by atoms with E-state index in [1.807, 2.05) is 24.3 Å². The number of hydrogen-bond donors (Lipinski definition) is 3. The van der Waals surface area contributed by atoms with Crippen LogP contribution in [0.25, 0.3) is 0 Å². The number of ether oxygens (including phenoxy) is 2. The fraction of sp³-hybridized carbons (Fsp3) is 0.458. The molecular formula is C24H30ClN3O4. The fourth-order valence-corrected chi connectivity index (χ4v) is 4.35. The third kappa shape index (κ3) is 5.65. The summed E-state index contributed by atoms with van der Waals surface area (Å²) in [4.78, 5) is 15.0. The normalized spacial score (nSPS) is 19.9. The van der Waals surface area contributed by atoms with E-state index in [9.17, 15) is 9.90 Å². The van der Waals surface area contributed by atoms with Crippen LogP contribution in [0.2, 0.25) is 5.02 Å². The first-order chi connectivity index (χ1) is 15.5. The molecule has 0 aliphatic carbocycles. The predicted molar refractivity (Wildman–Crippen MR) is 123 cm³/mol. The molecule has 0 saturated carbocycles. The van der Waals surface area contributed by atoms with Gasteiger partial charge in [0.1, 0.15) is 19.3 Å². The van der Waals surface area contributed by atoms with E-state index in [0.29, 0.717) is 54.4 Å². The highest BCUT2D eigenvalue weighted by Crippen LogP contribution is 2.33. The first-order valence-electron chi connectivity index (χ1n) is 11.1. The van der Waals surface area contributed by atoms with E-state index in [4.69, 9.17) is 21.1 Å². The molecular weight excluding hydrogens is 430 g/mol. The van der Waals surface area contributed by atoms with Crippen LogP contribution in [0.15, 0.2) is 42.5 Å². The van der Waals surface area contributed by atoms with Crippen LogP contribution in [0.4, 0.5) is 4.79 Å². The molecule has 8 heteroatoms. The first kappa shape index (κ1) is 22.7. The molecule has 0 aromatic heterocycles. The number of aliphatic hydroxyl groups excluding tert-OH is 1. The molecule has 2 aromatic rings. The van der Waals surface area contributed by atoms with Crippen molar-refractivity contribution in [3.05, 3.63) is 58.6 Å². The number of rotatable bonds is 7. The van der Waals surface area contributed by atoms with E-state index in [1.165, 1.54) is 0 Å². The Balaban J connectivity index is 1.45. The molecule has 1 unspecified atom stereocenters. The molecule has 4 rings (SSSR count). The van der Waals surface area contributed by atoms with Gasteiger partial charge in [-0.2, -0.15) is 0 Å². The number of halogens is 1. The van der Waals surface area contributed by atoms with Crippen LogP contribution < -0.4 is 20.1 Å². The zero-order valence-corrected chi connectivity index (χ0v) is 19.0. The van der Waals surface area contributed by atoms with E-state index in [0.717, 1.165) is 24.9 Å². The number of nitrogens with zero attached hydrogens (tertiary/aromatic N) is 1. The maximum atomic E-state index is 12.7. The molecule has 1 saturated heterocycles. The van der Waals surface area contributed by atoms with Gasteiger partial charge < -0.3 is 25.2 Å². The minimum Gasteiger partial charge on any atom is -0.486 e. The van der Waals surface area contributed by atoms with Crippen molar-refractivity contribution < 1.29 is 19.4 Å². The number of aliphatic hydroxyl groups is 1. The van der Waals surface area contributed by atoms with Crippen LogP contribution in [0.5, 0.6) is 11.5 Å². The van der Waals surface area contributed by atoms with Gasteiger partial charge in [-0.05, 0) is 61.7 Å². The van der Waals surface area contributed by atoms with Crippen molar-refractivity contribution in [2.75, 3.05) is 26.3 Å². The molecule has 0 spiro atoms. The van der Waals surface area contributed by atoms with E-state index in [-0.39, 0.29) is 6.03 Å². The molecule has 2 aromatic carbocycles. The quantitative estimate of drug-likeness (QED) is 0.590. The molecule has 0 radical (unpaired) electrons. The van der Waals surface area contributed by atoms with Crippen molar-refractivity contribution >= 4 is 17.6 Å². The second kappa shape index (κ2) is 10.4. The number of urea groups is 1. The van der Waals surface area contributed by atoms with Crippen LogP contribution in [0.3, 0.4) is 0 Å². The predicted octanol–water partition coefficient (Wildman–Crippen LogP) is 3.50. The Kier molecular flexibility index (Phi) is 7.40. The fourth-order valence-electron chi connectivity index (χ4n) is 4.22. The van der Waals surface area contributed by atoms with Crippen molar-refractivity contribution in [3.8, 4) is 11.5 Å². The van der Waals surface area contributed by atoms with E-state index >= 15 is 0 Å². The number of carbonyl (C=O) groups excluding carboxylic acids is 1. The van der Waals surface area contributed by atoms with Crippen LogP contribution in [-0.2, 0) is 6.54 Å². The van der Waals surface area contributed by atoms with E-state index in [1.54, 1.807) is 18.2 Å². The van der Waals surface area contributed by atoms with Crippen molar-refractivity contribution in [2.45, 2.75) is 44.5 Å². The summed E-state index contributed by atoms with van der Waals surface area (Å²) < 4.78 is 11.2.